The van der Waals surface area contributed by atoms with E-state index in [2.05, 4.69) is 41.3 Å². The summed E-state index contributed by atoms with van der Waals surface area (Å²) in [5, 5.41) is 14.5. The van der Waals surface area contributed by atoms with Gasteiger partial charge in [-0.25, -0.2) is 4.68 Å². The Morgan fingerprint density at radius 3 is 2.47 bits per heavy atom. The van der Waals surface area contributed by atoms with E-state index in [-0.39, 0.29) is 0 Å². The average molecular weight is 460 g/mol. The van der Waals surface area contributed by atoms with E-state index in [9.17, 15) is 9.90 Å². The Bertz CT molecular complexity index is 1180. The topological polar surface area (TPSA) is 67.6 Å². The maximum Gasteiger partial charge on any atom is 0.309 e. The van der Waals surface area contributed by atoms with Crippen LogP contribution < -0.4 is 9.64 Å². The van der Waals surface area contributed by atoms with Crippen LogP contribution in [-0.2, 0) is 11.2 Å². The Labute approximate surface area is 201 Å². The number of rotatable bonds is 9. The van der Waals surface area contributed by atoms with E-state index in [0.717, 1.165) is 54.3 Å². The lowest BCUT2D eigenvalue weighted by molar-refractivity contribution is -0.147. The summed E-state index contributed by atoms with van der Waals surface area (Å²) in [6.07, 6.45) is 6.13. The number of aliphatic carboxylic acids is 1. The third kappa shape index (κ3) is 4.54. The molecule has 0 amide bonds. The van der Waals surface area contributed by atoms with Crippen molar-refractivity contribution in [1.82, 2.24) is 9.78 Å². The van der Waals surface area contributed by atoms with Crippen LogP contribution in [0.25, 0.3) is 16.9 Å². The number of nitrogens with zero attached hydrogens (tertiary/aromatic N) is 3. The highest BCUT2D eigenvalue weighted by molar-refractivity contribution is 5.73. The Kier molecular flexibility index (Phi) is 6.07. The summed E-state index contributed by atoms with van der Waals surface area (Å²) >= 11 is 0. The van der Waals surface area contributed by atoms with Gasteiger partial charge in [0.2, 0.25) is 0 Å². The number of hydrogen-bond acceptors (Lipinski definition) is 4. The van der Waals surface area contributed by atoms with Gasteiger partial charge >= 0.3 is 5.97 Å². The van der Waals surface area contributed by atoms with Crippen molar-refractivity contribution in [1.29, 1.82) is 0 Å². The molecule has 1 N–H and O–H groups in total. The Morgan fingerprint density at radius 2 is 1.82 bits per heavy atom. The molecule has 1 aromatic heterocycles. The molecule has 0 atom stereocenters. The summed E-state index contributed by atoms with van der Waals surface area (Å²) in [5.41, 5.74) is 4.37. The summed E-state index contributed by atoms with van der Waals surface area (Å²) in [6, 6.07) is 18.8. The number of carbonyl (C=O) groups is 1. The number of anilines is 1. The molecule has 0 radical (unpaired) electrons. The van der Waals surface area contributed by atoms with Crippen LogP contribution in [0.1, 0.15) is 51.6 Å². The smallest absolute Gasteiger partial charge is 0.309 e. The van der Waals surface area contributed by atoms with E-state index in [0.29, 0.717) is 18.9 Å². The standard InChI is InChI=1S/C28H33N3O3/c1-28(2,27(32)33)15-14-21-19-26(20-8-5-11-23(18-20)34-22-9-6-10-22)31(29-21)25-13-4-3-12-24(25)30-16-7-17-30/h3-5,8,11-13,18-19,22H,6-7,9-10,14-17H2,1-2H3,(H,32,33). The van der Waals surface area contributed by atoms with Gasteiger partial charge in [0.15, 0.2) is 0 Å². The molecule has 0 spiro atoms. The predicted molar refractivity (Wildman–Crippen MR) is 134 cm³/mol. The molecule has 34 heavy (non-hydrogen) atoms. The zero-order chi connectivity index (χ0) is 23.7. The lowest BCUT2D eigenvalue weighted by Crippen LogP contribution is -2.37. The lowest BCUT2D eigenvalue weighted by Gasteiger charge is -2.34. The van der Waals surface area contributed by atoms with Crippen molar-refractivity contribution >= 4 is 11.7 Å². The molecule has 3 aromatic rings. The molecule has 2 aromatic carbocycles. The van der Waals surface area contributed by atoms with Crippen LogP contribution in [0.5, 0.6) is 5.75 Å². The molecule has 2 fully saturated rings. The predicted octanol–water partition coefficient (Wildman–Crippen LogP) is 5.72. The van der Waals surface area contributed by atoms with E-state index < -0.39 is 11.4 Å². The summed E-state index contributed by atoms with van der Waals surface area (Å²) < 4.78 is 8.20. The SMILES string of the molecule is CC(C)(CCc1cc(-c2cccc(OC3CCC3)c2)n(-c2ccccc2N2CCC2)n1)C(=O)O. The Morgan fingerprint density at radius 1 is 1.06 bits per heavy atom. The quantitative estimate of drug-likeness (QED) is 0.443. The first-order valence-electron chi connectivity index (χ1n) is 12.3. The maximum absolute atomic E-state index is 11.6. The highest BCUT2D eigenvalue weighted by Gasteiger charge is 2.28. The van der Waals surface area contributed by atoms with Gasteiger partial charge in [0.25, 0.3) is 0 Å². The molecular weight excluding hydrogens is 426 g/mol. The van der Waals surface area contributed by atoms with E-state index in [4.69, 9.17) is 9.84 Å². The van der Waals surface area contributed by atoms with Crippen molar-refractivity contribution in [3.05, 3.63) is 60.3 Å². The summed E-state index contributed by atoms with van der Waals surface area (Å²) in [5.74, 6) is 0.107. The van der Waals surface area contributed by atoms with E-state index >= 15 is 0 Å². The van der Waals surface area contributed by atoms with Crippen molar-refractivity contribution in [2.75, 3.05) is 18.0 Å². The van der Waals surface area contributed by atoms with Crippen LogP contribution in [0, 0.1) is 5.41 Å². The van der Waals surface area contributed by atoms with Gasteiger partial charge in [-0.3, -0.25) is 4.79 Å². The zero-order valence-corrected chi connectivity index (χ0v) is 20.0. The van der Waals surface area contributed by atoms with Gasteiger partial charge in [0, 0.05) is 18.7 Å². The summed E-state index contributed by atoms with van der Waals surface area (Å²) in [6.45, 7) is 5.65. The van der Waals surface area contributed by atoms with Crippen LogP contribution in [-0.4, -0.2) is 40.0 Å². The van der Waals surface area contributed by atoms with Crippen molar-refractivity contribution in [3.63, 3.8) is 0 Å². The minimum absolute atomic E-state index is 0.320. The molecule has 0 bridgehead atoms. The number of para-hydroxylation sites is 2. The molecule has 0 unspecified atom stereocenters. The van der Waals surface area contributed by atoms with E-state index in [1.54, 1.807) is 13.8 Å². The molecule has 1 saturated carbocycles. The molecule has 1 aliphatic heterocycles. The minimum atomic E-state index is -0.796. The number of aromatic nitrogens is 2. The van der Waals surface area contributed by atoms with Crippen LogP contribution in [0.4, 0.5) is 5.69 Å². The molecule has 6 heteroatoms. The molecule has 6 nitrogen and oxygen atoms in total. The van der Waals surface area contributed by atoms with Gasteiger partial charge in [-0.15, -0.1) is 0 Å². The number of benzene rings is 2. The third-order valence-electron chi connectivity index (χ3n) is 7.14. The van der Waals surface area contributed by atoms with E-state index in [1.165, 1.54) is 18.5 Å². The second-order valence-electron chi connectivity index (χ2n) is 10.1. The van der Waals surface area contributed by atoms with Gasteiger partial charge in [-0.1, -0.05) is 24.3 Å². The fourth-order valence-electron chi connectivity index (χ4n) is 4.37. The Hall–Kier alpha value is -3.28. The number of carboxylic acid groups (broad SMARTS) is 1. The fourth-order valence-corrected chi connectivity index (χ4v) is 4.37. The second kappa shape index (κ2) is 9.16. The van der Waals surface area contributed by atoms with Crippen molar-refractivity contribution in [2.24, 2.45) is 5.41 Å². The van der Waals surface area contributed by atoms with Crippen LogP contribution >= 0.6 is 0 Å². The largest absolute Gasteiger partial charge is 0.490 e. The Balaban J connectivity index is 1.53. The highest BCUT2D eigenvalue weighted by Crippen LogP contribution is 2.35. The van der Waals surface area contributed by atoms with E-state index in [1.807, 2.05) is 22.9 Å². The number of ether oxygens (including phenoxy) is 1. The number of aryl methyl sites for hydroxylation is 1. The maximum atomic E-state index is 11.6. The van der Waals surface area contributed by atoms with Gasteiger partial charge in [0.1, 0.15) is 5.75 Å². The van der Waals surface area contributed by atoms with Crippen molar-refractivity contribution in [2.45, 2.75) is 58.5 Å². The molecule has 178 valence electrons. The highest BCUT2D eigenvalue weighted by atomic mass is 16.5. The van der Waals surface area contributed by atoms with Gasteiger partial charge in [-0.05, 0) is 82.7 Å². The second-order valence-corrected chi connectivity index (χ2v) is 10.1. The molecule has 2 heterocycles. The number of carboxylic acids is 1. The molecule has 1 aliphatic carbocycles. The lowest BCUT2D eigenvalue weighted by atomic mass is 9.87. The third-order valence-corrected chi connectivity index (χ3v) is 7.14. The van der Waals surface area contributed by atoms with Gasteiger partial charge in [-0.2, -0.15) is 5.10 Å². The normalized spacial score (nSPS) is 16.1. The van der Waals surface area contributed by atoms with Crippen LogP contribution in [0.2, 0.25) is 0 Å². The molecular formula is C28H33N3O3. The minimum Gasteiger partial charge on any atom is -0.490 e. The fraction of sp³-hybridized carbons (Fsp3) is 0.429. The first kappa shape index (κ1) is 22.5. The van der Waals surface area contributed by atoms with Crippen molar-refractivity contribution in [3.8, 4) is 22.7 Å². The van der Waals surface area contributed by atoms with Gasteiger partial charge < -0.3 is 14.7 Å². The van der Waals surface area contributed by atoms with Crippen molar-refractivity contribution < 1.29 is 14.6 Å². The monoisotopic (exact) mass is 459 g/mol. The zero-order valence-electron chi connectivity index (χ0n) is 20.0. The molecule has 2 aliphatic rings. The molecule has 1 saturated heterocycles. The first-order chi connectivity index (χ1) is 16.4. The summed E-state index contributed by atoms with van der Waals surface area (Å²) in [4.78, 5) is 14.0. The average Bonchev–Trinajstić information content (AvgIpc) is 3.19. The molecule has 5 rings (SSSR count). The number of hydrogen-bond donors (Lipinski definition) is 1. The van der Waals surface area contributed by atoms with Crippen LogP contribution in [0.3, 0.4) is 0 Å². The summed E-state index contributed by atoms with van der Waals surface area (Å²) in [7, 11) is 0. The first-order valence-corrected chi connectivity index (χ1v) is 12.3. The van der Waals surface area contributed by atoms with Crippen LogP contribution in [0.15, 0.2) is 54.6 Å². The van der Waals surface area contributed by atoms with Gasteiger partial charge in [0.05, 0.1) is 34.3 Å².